The summed E-state index contributed by atoms with van der Waals surface area (Å²) in [4.78, 5) is 0. The van der Waals surface area contributed by atoms with Gasteiger partial charge in [0.15, 0.2) is 9.84 Å². The summed E-state index contributed by atoms with van der Waals surface area (Å²) in [6, 6.07) is 0.252. The largest absolute Gasteiger partial charge is 0.385 e. The topological polar surface area (TPSA) is 55.4 Å². The normalized spacial score (nSPS) is 15.8. The molecule has 0 aromatic heterocycles. The lowest BCUT2D eigenvalue weighted by Gasteiger charge is -2.18. The molecule has 0 saturated carbocycles. The van der Waals surface area contributed by atoms with Crippen LogP contribution < -0.4 is 5.32 Å². The maximum atomic E-state index is 11.9. The maximum Gasteiger partial charge on any atom is 0.153 e. The summed E-state index contributed by atoms with van der Waals surface area (Å²) in [5.74, 6) is 0.225. The first-order valence-electron chi connectivity index (χ1n) is 6.38. The summed E-state index contributed by atoms with van der Waals surface area (Å²) in [5.41, 5.74) is 0. The van der Waals surface area contributed by atoms with Crippen LogP contribution in [0.25, 0.3) is 0 Å². The Hall–Kier alpha value is -0.130. The number of hydrogen-bond donors (Lipinski definition) is 1. The van der Waals surface area contributed by atoms with Crippen LogP contribution >= 0.6 is 0 Å². The quantitative estimate of drug-likeness (QED) is 0.610. The van der Waals surface area contributed by atoms with E-state index in [1.807, 2.05) is 6.92 Å². The van der Waals surface area contributed by atoms with Crippen molar-refractivity contribution in [3.8, 4) is 0 Å². The average Bonchev–Trinajstić information content (AvgIpc) is 2.26. The van der Waals surface area contributed by atoms with E-state index in [9.17, 15) is 8.42 Å². The summed E-state index contributed by atoms with van der Waals surface area (Å²) in [7, 11) is -1.38. The lowest BCUT2D eigenvalue weighted by molar-refractivity contribution is 0.199. The second-order valence-corrected chi connectivity index (χ2v) is 7.15. The Labute approximate surface area is 106 Å². The number of sulfone groups is 1. The zero-order valence-electron chi connectivity index (χ0n) is 11.5. The minimum atomic E-state index is -2.97. The molecule has 0 spiro atoms. The lowest BCUT2D eigenvalue weighted by atomic mass is 10.2. The van der Waals surface area contributed by atoms with E-state index in [0.29, 0.717) is 19.4 Å². The van der Waals surface area contributed by atoms with Gasteiger partial charge in [0.25, 0.3) is 0 Å². The number of hydrogen-bond acceptors (Lipinski definition) is 4. The molecule has 0 saturated heterocycles. The molecule has 2 unspecified atom stereocenters. The Morgan fingerprint density at radius 3 is 2.47 bits per heavy atom. The molecule has 4 nitrogen and oxygen atoms in total. The van der Waals surface area contributed by atoms with Gasteiger partial charge in [-0.05, 0) is 39.7 Å². The first kappa shape index (κ1) is 16.9. The minimum absolute atomic E-state index is 0.225. The molecule has 0 fully saturated rings. The Balaban J connectivity index is 4.05. The molecule has 0 amide bonds. The van der Waals surface area contributed by atoms with Gasteiger partial charge in [-0.2, -0.15) is 0 Å². The van der Waals surface area contributed by atoms with Crippen LogP contribution in [-0.2, 0) is 14.6 Å². The Morgan fingerprint density at radius 2 is 1.94 bits per heavy atom. The monoisotopic (exact) mass is 265 g/mol. The number of methoxy groups -OCH3 is 1. The van der Waals surface area contributed by atoms with Crippen molar-refractivity contribution in [2.45, 2.75) is 51.3 Å². The van der Waals surface area contributed by atoms with Crippen LogP contribution in [0.3, 0.4) is 0 Å². The van der Waals surface area contributed by atoms with Crippen LogP contribution in [0.2, 0.25) is 0 Å². The fraction of sp³-hybridized carbons (Fsp3) is 1.00. The van der Waals surface area contributed by atoms with Crippen molar-refractivity contribution >= 4 is 9.84 Å². The highest BCUT2D eigenvalue weighted by atomic mass is 32.2. The van der Waals surface area contributed by atoms with E-state index < -0.39 is 9.84 Å². The summed E-state index contributed by atoms with van der Waals surface area (Å²) >= 11 is 0. The maximum absolute atomic E-state index is 11.9. The van der Waals surface area contributed by atoms with Crippen LogP contribution in [0, 0.1) is 0 Å². The predicted molar refractivity (Wildman–Crippen MR) is 72.1 cm³/mol. The molecule has 5 heteroatoms. The van der Waals surface area contributed by atoms with Crippen molar-refractivity contribution in [3.63, 3.8) is 0 Å². The van der Waals surface area contributed by atoms with Crippen LogP contribution in [0.5, 0.6) is 0 Å². The first-order chi connectivity index (χ1) is 7.94. The molecule has 0 aliphatic heterocycles. The van der Waals surface area contributed by atoms with Gasteiger partial charge in [0.2, 0.25) is 0 Å². The summed E-state index contributed by atoms with van der Waals surface area (Å²) in [6.07, 6.45) is 2.33. The number of nitrogens with one attached hydrogen (secondary N) is 1. The highest BCUT2D eigenvalue weighted by Crippen LogP contribution is 2.10. The van der Waals surface area contributed by atoms with Crippen LogP contribution in [0.15, 0.2) is 0 Å². The summed E-state index contributed by atoms with van der Waals surface area (Å²) < 4.78 is 28.7. The van der Waals surface area contributed by atoms with Crippen LogP contribution in [0.1, 0.15) is 40.0 Å². The molecule has 0 aromatic rings. The third-order valence-electron chi connectivity index (χ3n) is 2.82. The van der Waals surface area contributed by atoms with Gasteiger partial charge in [-0.3, -0.25) is 0 Å². The van der Waals surface area contributed by atoms with Crippen molar-refractivity contribution in [2.75, 3.05) is 26.0 Å². The lowest BCUT2D eigenvalue weighted by Crippen LogP contribution is -2.33. The van der Waals surface area contributed by atoms with Crippen molar-refractivity contribution in [2.24, 2.45) is 0 Å². The van der Waals surface area contributed by atoms with Gasteiger partial charge in [0, 0.05) is 19.8 Å². The molecular formula is C12H27NO3S. The third-order valence-corrected chi connectivity index (χ3v) is 5.09. The van der Waals surface area contributed by atoms with Gasteiger partial charge in [-0.15, -0.1) is 0 Å². The summed E-state index contributed by atoms with van der Waals surface area (Å²) in [5, 5.41) is 3.03. The van der Waals surface area contributed by atoms with Gasteiger partial charge in [-0.1, -0.05) is 6.92 Å². The van der Waals surface area contributed by atoms with Gasteiger partial charge in [0.05, 0.1) is 11.0 Å². The van der Waals surface area contributed by atoms with E-state index in [0.717, 1.165) is 13.0 Å². The number of rotatable bonds is 10. The second kappa shape index (κ2) is 8.89. The van der Waals surface area contributed by atoms with E-state index >= 15 is 0 Å². The average molecular weight is 265 g/mol. The SMILES string of the molecule is CCCNC(C)CC(C)S(=O)(=O)CCCOC. The van der Waals surface area contributed by atoms with E-state index in [2.05, 4.69) is 12.2 Å². The Bertz CT molecular complexity index is 277. The van der Waals surface area contributed by atoms with E-state index in [1.165, 1.54) is 0 Å². The van der Waals surface area contributed by atoms with E-state index in [1.54, 1.807) is 14.0 Å². The molecule has 0 aromatic carbocycles. The summed E-state index contributed by atoms with van der Waals surface area (Å²) in [6.45, 7) is 7.39. The van der Waals surface area contributed by atoms with Crippen molar-refractivity contribution < 1.29 is 13.2 Å². The highest BCUT2D eigenvalue weighted by Gasteiger charge is 2.22. The molecule has 17 heavy (non-hydrogen) atoms. The molecule has 0 radical (unpaired) electrons. The highest BCUT2D eigenvalue weighted by molar-refractivity contribution is 7.92. The number of ether oxygens (including phenoxy) is 1. The fourth-order valence-corrected chi connectivity index (χ4v) is 3.23. The zero-order valence-corrected chi connectivity index (χ0v) is 12.3. The first-order valence-corrected chi connectivity index (χ1v) is 8.09. The molecule has 2 atom stereocenters. The van der Waals surface area contributed by atoms with Crippen LogP contribution in [0.4, 0.5) is 0 Å². The van der Waals surface area contributed by atoms with Gasteiger partial charge >= 0.3 is 0 Å². The standard InChI is InChI=1S/C12H27NO3S/c1-5-7-13-11(2)10-12(3)17(14,15)9-6-8-16-4/h11-13H,5-10H2,1-4H3. The van der Waals surface area contributed by atoms with Gasteiger partial charge in [0.1, 0.15) is 0 Å². The van der Waals surface area contributed by atoms with Crippen molar-refractivity contribution in [1.82, 2.24) is 5.32 Å². The van der Waals surface area contributed by atoms with E-state index in [4.69, 9.17) is 4.74 Å². The smallest absolute Gasteiger partial charge is 0.153 e. The van der Waals surface area contributed by atoms with Gasteiger partial charge in [-0.25, -0.2) is 8.42 Å². The minimum Gasteiger partial charge on any atom is -0.385 e. The molecule has 0 bridgehead atoms. The predicted octanol–water partition coefficient (Wildman–Crippen LogP) is 1.60. The molecule has 1 N–H and O–H groups in total. The van der Waals surface area contributed by atoms with Crippen LogP contribution in [-0.4, -0.2) is 45.7 Å². The Kier molecular flexibility index (Phi) is 8.82. The third kappa shape index (κ3) is 7.73. The van der Waals surface area contributed by atoms with Crippen molar-refractivity contribution in [1.29, 1.82) is 0 Å². The molecule has 0 heterocycles. The molecule has 0 aliphatic rings. The molecule has 104 valence electrons. The zero-order chi connectivity index (χ0) is 13.3. The molecule has 0 aliphatic carbocycles. The molecule has 0 rings (SSSR count). The second-order valence-electron chi connectivity index (χ2n) is 4.61. The fourth-order valence-electron chi connectivity index (χ4n) is 1.72. The Morgan fingerprint density at radius 1 is 1.29 bits per heavy atom. The van der Waals surface area contributed by atoms with E-state index in [-0.39, 0.29) is 17.0 Å². The van der Waals surface area contributed by atoms with Crippen molar-refractivity contribution in [3.05, 3.63) is 0 Å². The van der Waals surface area contributed by atoms with Gasteiger partial charge < -0.3 is 10.1 Å². The molecular weight excluding hydrogens is 238 g/mol.